The first kappa shape index (κ1) is 24.0. The topological polar surface area (TPSA) is 107 Å². The van der Waals surface area contributed by atoms with Crippen LogP contribution in [0.3, 0.4) is 0 Å². The number of nitrogens with one attached hydrogen (secondary N) is 1. The maximum atomic E-state index is 13.5. The number of fused-ring (bicyclic) bond motifs is 2. The number of hydrogen-bond acceptors (Lipinski definition) is 6. The highest BCUT2D eigenvalue weighted by Gasteiger charge is 2.25. The molecule has 3 N–H and O–H groups in total. The summed E-state index contributed by atoms with van der Waals surface area (Å²) in [5.74, 6) is 0.533. The van der Waals surface area contributed by atoms with E-state index in [-0.39, 0.29) is 23.3 Å². The molecule has 0 spiro atoms. The Kier molecular flexibility index (Phi) is 6.81. The molecule has 0 aliphatic heterocycles. The van der Waals surface area contributed by atoms with Gasteiger partial charge < -0.3 is 15.8 Å². The molecule has 0 radical (unpaired) electrons. The van der Waals surface area contributed by atoms with Crippen LogP contribution in [0, 0.1) is 0 Å². The van der Waals surface area contributed by atoms with Crippen molar-refractivity contribution in [3.63, 3.8) is 0 Å². The number of nitrogens with two attached hydrogens (primary N) is 1. The van der Waals surface area contributed by atoms with E-state index in [4.69, 9.17) is 20.4 Å². The summed E-state index contributed by atoms with van der Waals surface area (Å²) in [6.45, 7) is 1.98. The van der Waals surface area contributed by atoms with Crippen molar-refractivity contribution >= 4 is 40.1 Å². The average Bonchev–Trinajstić information content (AvgIpc) is 3.19. The van der Waals surface area contributed by atoms with Gasteiger partial charge in [0.2, 0.25) is 0 Å². The molecule has 5 rings (SSSR count). The van der Waals surface area contributed by atoms with E-state index < -0.39 is 0 Å². The minimum atomic E-state index is -0.307. The molecule has 5 aromatic rings. The predicted molar refractivity (Wildman–Crippen MR) is 147 cm³/mol. The molecule has 8 heteroatoms. The molecule has 0 unspecified atom stereocenters. The van der Waals surface area contributed by atoms with E-state index in [1.54, 1.807) is 13.3 Å². The molecule has 0 saturated carbocycles. The fraction of sp³-hybridized carbons (Fsp3) is 0.172. The lowest BCUT2D eigenvalue weighted by atomic mass is 10.1. The Morgan fingerprint density at radius 2 is 1.70 bits per heavy atom. The third-order valence-electron chi connectivity index (χ3n) is 6.24. The maximum Gasteiger partial charge on any atom is 0.257 e. The summed E-state index contributed by atoms with van der Waals surface area (Å²) >= 11 is 0. The Labute approximate surface area is 214 Å². The number of aromatic nitrogens is 3. The largest absolute Gasteiger partial charge is 0.496 e. The van der Waals surface area contributed by atoms with Gasteiger partial charge in [-0.05, 0) is 49.6 Å². The van der Waals surface area contributed by atoms with Crippen LogP contribution in [0.25, 0.3) is 22.2 Å². The highest BCUT2D eigenvalue weighted by atomic mass is 16.5. The number of methoxy groups -OCH3 is 1. The number of carbonyl (C=O) groups is 1. The minimum Gasteiger partial charge on any atom is -0.496 e. The molecule has 1 atom stereocenters. The molecule has 0 fully saturated rings. The van der Waals surface area contributed by atoms with Crippen molar-refractivity contribution in [2.24, 2.45) is 5.10 Å². The van der Waals surface area contributed by atoms with Gasteiger partial charge in [0.25, 0.3) is 5.91 Å². The summed E-state index contributed by atoms with van der Waals surface area (Å²) in [7, 11) is 1.60. The number of carbonyl (C=O) groups excluding carboxylic acids is 1. The summed E-state index contributed by atoms with van der Waals surface area (Å²) in [4.78, 5) is 23.0. The van der Waals surface area contributed by atoms with Crippen molar-refractivity contribution in [1.29, 1.82) is 0 Å². The van der Waals surface area contributed by atoms with E-state index in [0.29, 0.717) is 27.9 Å². The second kappa shape index (κ2) is 10.5. The van der Waals surface area contributed by atoms with E-state index in [1.807, 2.05) is 73.7 Å². The lowest BCUT2D eigenvalue weighted by Crippen LogP contribution is -2.33. The van der Waals surface area contributed by atoms with Gasteiger partial charge in [-0.15, -0.1) is 0 Å². The number of nitrogen functional groups attached to an aromatic ring is 1. The Balaban J connectivity index is 1.51. The van der Waals surface area contributed by atoms with Crippen molar-refractivity contribution in [2.75, 3.05) is 12.8 Å². The van der Waals surface area contributed by atoms with Crippen LogP contribution in [0.4, 0.5) is 5.82 Å². The first-order chi connectivity index (χ1) is 18.0. The Hall–Kier alpha value is -4.72. The third kappa shape index (κ3) is 4.99. The van der Waals surface area contributed by atoms with Crippen LogP contribution in [0.2, 0.25) is 0 Å². The Morgan fingerprint density at radius 1 is 1.03 bits per heavy atom. The van der Waals surface area contributed by atoms with Crippen molar-refractivity contribution in [2.45, 2.75) is 25.8 Å². The van der Waals surface area contributed by atoms with Crippen LogP contribution < -0.4 is 15.8 Å². The van der Waals surface area contributed by atoms with E-state index >= 15 is 0 Å². The second-order valence-electron chi connectivity index (χ2n) is 8.84. The molecule has 37 heavy (non-hydrogen) atoms. The quantitative estimate of drug-likeness (QED) is 0.302. The highest BCUT2D eigenvalue weighted by molar-refractivity contribution is 6.10. The minimum absolute atomic E-state index is 0.0731. The van der Waals surface area contributed by atoms with Gasteiger partial charge in [-0.1, -0.05) is 54.6 Å². The number of hydrogen-bond donors (Lipinski definition) is 2. The average molecular weight is 493 g/mol. The van der Waals surface area contributed by atoms with Gasteiger partial charge in [0, 0.05) is 11.6 Å². The molecule has 8 nitrogen and oxygen atoms in total. The van der Waals surface area contributed by atoms with Crippen molar-refractivity contribution in [1.82, 2.24) is 20.0 Å². The molecule has 2 heterocycles. The van der Waals surface area contributed by atoms with Gasteiger partial charge in [0.1, 0.15) is 22.6 Å². The van der Waals surface area contributed by atoms with Crippen LogP contribution in [-0.2, 0) is 6.42 Å². The van der Waals surface area contributed by atoms with Crippen molar-refractivity contribution in [3.8, 4) is 5.75 Å². The number of ether oxygens (including phenoxy) is 1. The number of amides is 1. The molecule has 0 aliphatic carbocycles. The summed E-state index contributed by atoms with van der Waals surface area (Å²) in [6, 6.07) is 25.1. The third-order valence-corrected chi connectivity index (χ3v) is 6.24. The number of nitrogens with zero attached hydrogens (tertiary/aromatic N) is 4. The summed E-state index contributed by atoms with van der Waals surface area (Å²) in [6.07, 6.45) is 3.28. The second-order valence-corrected chi connectivity index (χ2v) is 8.84. The van der Waals surface area contributed by atoms with Crippen molar-refractivity contribution < 1.29 is 9.53 Å². The molecular formula is C29H28N6O2. The summed E-state index contributed by atoms with van der Waals surface area (Å²) < 4.78 is 6.89. The van der Waals surface area contributed by atoms with Gasteiger partial charge in [-0.3, -0.25) is 4.79 Å². The SMILES string of the molecule is COc1ccccc1/C=N\n1c(N)c(C(=O)N[C@@H](C)CCc2ccccc2)c2nc3ccccc3nc21. The van der Waals surface area contributed by atoms with E-state index in [2.05, 4.69) is 22.6 Å². The lowest BCUT2D eigenvalue weighted by molar-refractivity contribution is 0.0940. The summed E-state index contributed by atoms with van der Waals surface area (Å²) in [5.41, 5.74) is 11.0. The normalized spacial score (nSPS) is 12.3. The van der Waals surface area contributed by atoms with E-state index in [0.717, 1.165) is 18.4 Å². The van der Waals surface area contributed by atoms with E-state index in [1.165, 1.54) is 10.2 Å². The first-order valence-electron chi connectivity index (χ1n) is 12.1. The monoisotopic (exact) mass is 492 g/mol. The number of aryl methyl sites for hydroxylation is 1. The molecule has 3 aromatic carbocycles. The predicted octanol–water partition coefficient (Wildman–Crippen LogP) is 4.81. The van der Waals surface area contributed by atoms with Gasteiger partial charge in [-0.25, -0.2) is 9.97 Å². The molecule has 0 saturated heterocycles. The number of anilines is 1. The van der Waals surface area contributed by atoms with Crippen LogP contribution in [0.1, 0.15) is 34.8 Å². The smallest absolute Gasteiger partial charge is 0.257 e. The van der Waals surface area contributed by atoms with Gasteiger partial charge in [0.05, 0.1) is 24.4 Å². The number of rotatable bonds is 8. The summed E-state index contributed by atoms with van der Waals surface area (Å²) in [5, 5.41) is 7.66. The number of para-hydroxylation sites is 3. The zero-order chi connectivity index (χ0) is 25.8. The van der Waals surface area contributed by atoms with Gasteiger partial charge >= 0.3 is 0 Å². The number of benzene rings is 3. The standard InChI is InChI=1S/C29H28N6O2/c1-19(16-17-20-10-4-3-5-11-20)32-29(36)25-26-28(34-23-14-8-7-13-22(23)33-26)35(27(25)30)31-18-21-12-6-9-15-24(21)37-2/h3-15,18-19H,16-17,30H2,1-2H3,(H,32,36)/b31-18-/t19-/m0/s1. The molecule has 2 aromatic heterocycles. The van der Waals surface area contributed by atoms with Crippen LogP contribution >= 0.6 is 0 Å². The maximum absolute atomic E-state index is 13.5. The Bertz CT molecular complexity index is 1590. The fourth-order valence-corrected chi connectivity index (χ4v) is 4.28. The fourth-order valence-electron chi connectivity index (χ4n) is 4.28. The van der Waals surface area contributed by atoms with Crippen LogP contribution in [0.5, 0.6) is 5.75 Å². The zero-order valence-corrected chi connectivity index (χ0v) is 20.8. The molecule has 1 amide bonds. The van der Waals surface area contributed by atoms with Gasteiger partial charge in [0.15, 0.2) is 5.65 Å². The highest BCUT2D eigenvalue weighted by Crippen LogP contribution is 2.28. The van der Waals surface area contributed by atoms with Crippen LogP contribution in [-0.4, -0.2) is 39.9 Å². The zero-order valence-electron chi connectivity index (χ0n) is 20.8. The molecule has 0 aliphatic rings. The van der Waals surface area contributed by atoms with E-state index in [9.17, 15) is 4.79 Å². The lowest BCUT2D eigenvalue weighted by Gasteiger charge is -2.14. The molecule has 186 valence electrons. The first-order valence-corrected chi connectivity index (χ1v) is 12.1. The Morgan fingerprint density at radius 3 is 2.46 bits per heavy atom. The van der Waals surface area contributed by atoms with Crippen molar-refractivity contribution in [3.05, 3.63) is 95.6 Å². The van der Waals surface area contributed by atoms with Gasteiger partial charge in [-0.2, -0.15) is 9.78 Å². The van der Waals surface area contributed by atoms with Crippen LogP contribution in [0.15, 0.2) is 84.0 Å². The molecular weight excluding hydrogens is 464 g/mol. The molecule has 0 bridgehead atoms.